The van der Waals surface area contributed by atoms with Crippen molar-refractivity contribution >= 4 is 51.6 Å². The third kappa shape index (κ3) is 5.82. The fourth-order valence-corrected chi connectivity index (χ4v) is 3.38. The molecule has 0 aromatic heterocycles. The van der Waals surface area contributed by atoms with Crippen molar-refractivity contribution in [1.29, 1.82) is 5.26 Å². The van der Waals surface area contributed by atoms with Crippen LogP contribution in [0.25, 0.3) is 0 Å². The third-order valence-corrected chi connectivity index (χ3v) is 5.09. The van der Waals surface area contributed by atoms with E-state index in [0.29, 0.717) is 17.1 Å². The maximum atomic E-state index is 13.9. The summed E-state index contributed by atoms with van der Waals surface area (Å²) in [6.45, 7) is 2.11. The van der Waals surface area contributed by atoms with Gasteiger partial charge in [-0.3, -0.25) is 4.99 Å². The Morgan fingerprint density at radius 2 is 2.07 bits per heavy atom. The summed E-state index contributed by atoms with van der Waals surface area (Å²) >= 11 is 3.46. The quantitative estimate of drug-likeness (QED) is 0.338. The Kier molecular flexibility index (Phi) is 8.51. The standard InChI is InChI=1S/C20H21BrFN5.HI/c1-24-20(25-12-15-10-14(11-23)2-7-19(15)22)26-17-8-9-27(13-17)18-5-3-16(21)4-6-18;/h2-7,10,17H,8-9,12-13H2,1H3,(H2,24,25,26);1H. The maximum Gasteiger partial charge on any atom is 0.191 e. The summed E-state index contributed by atoms with van der Waals surface area (Å²) in [5.41, 5.74) is 2.08. The summed E-state index contributed by atoms with van der Waals surface area (Å²) in [6, 6.07) is 14.9. The molecule has 1 aliphatic rings. The van der Waals surface area contributed by atoms with Crippen LogP contribution in [0.3, 0.4) is 0 Å². The van der Waals surface area contributed by atoms with E-state index >= 15 is 0 Å². The van der Waals surface area contributed by atoms with E-state index in [0.717, 1.165) is 24.0 Å². The van der Waals surface area contributed by atoms with Crippen molar-refractivity contribution in [2.24, 2.45) is 4.99 Å². The van der Waals surface area contributed by atoms with Gasteiger partial charge in [-0.05, 0) is 48.9 Å². The van der Waals surface area contributed by atoms with Crippen LogP contribution in [0.15, 0.2) is 51.9 Å². The van der Waals surface area contributed by atoms with Gasteiger partial charge in [0.05, 0.1) is 11.6 Å². The minimum atomic E-state index is -0.334. The van der Waals surface area contributed by atoms with E-state index in [1.807, 2.05) is 18.2 Å². The molecule has 2 aromatic rings. The zero-order valence-electron chi connectivity index (χ0n) is 15.5. The Balaban J connectivity index is 0.00000280. The molecule has 2 aromatic carbocycles. The van der Waals surface area contributed by atoms with Crippen molar-refractivity contribution < 1.29 is 4.39 Å². The fraction of sp³-hybridized carbons (Fsp3) is 0.300. The molecule has 0 radical (unpaired) electrons. The number of anilines is 1. The van der Waals surface area contributed by atoms with Crippen molar-refractivity contribution in [3.8, 4) is 6.07 Å². The number of halogens is 3. The van der Waals surface area contributed by atoms with Gasteiger partial charge in [-0.15, -0.1) is 24.0 Å². The van der Waals surface area contributed by atoms with Crippen LogP contribution in [0.2, 0.25) is 0 Å². The summed E-state index contributed by atoms with van der Waals surface area (Å²) in [4.78, 5) is 6.56. The molecule has 5 nitrogen and oxygen atoms in total. The average Bonchev–Trinajstić information content (AvgIpc) is 3.15. The number of nitrogens with zero attached hydrogens (tertiary/aromatic N) is 3. The molecule has 3 rings (SSSR count). The highest BCUT2D eigenvalue weighted by Crippen LogP contribution is 2.22. The van der Waals surface area contributed by atoms with Gasteiger partial charge >= 0.3 is 0 Å². The smallest absolute Gasteiger partial charge is 0.191 e. The number of nitrogens with one attached hydrogen (secondary N) is 2. The zero-order chi connectivity index (χ0) is 19.2. The Labute approximate surface area is 190 Å². The van der Waals surface area contributed by atoms with Gasteiger partial charge < -0.3 is 15.5 Å². The molecule has 148 valence electrons. The van der Waals surface area contributed by atoms with E-state index in [4.69, 9.17) is 5.26 Å². The number of rotatable bonds is 4. The molecule has 1 saturated heterocycles. The van der Waals surface area contributed by atoms with Crippen LogP contribution in [0.1, 0.15) is 17.5 Å². The van der Waals surface area contributed by atoms with Crippen LogP contribution in [0, 0.1) is 17.1 Å². The van der Waals surface area contributed by atoms with Crippen molar-refractivity contribution in [2.75, 3.05) is 25.0 Å². The van der Waals surface area contributed by atoms with E-state index in [-0.39, 0.29) is 42.4 Å². The van der Waals surface area contributed by atoms with Gasteiger partial charge in [0.25, 0.3) is 0 Å². The number of hydrogen-bond donors (Lipinski definition) is 2. The van der Waals surface area contributed by atoms with Crippen molar-refractivity contribution in [3.63, 3.8) is 0 Å². The number of benzene rings is 2. The highest BCUT2D eigenvalue weighted by Gasteiger charge is 2.23. The molecular weight excluding hydrogens is 536 g/mol. The first kappa shape index (κ1) is 22.4. The molecule has 1 heterocycles. The van der Waals surface area contributed by atoms with Crippen molar-refractivity contribution in [3.05, 3.63) is 63.9 Å². The second-order valence-electron chi connectivity index (χ2n) is 6.40. The van der Waals surface area contributed by atoms with Gasteiger partial charge in [-0.25, -0.2) is 4.39 Å². The van der Waals surface area contributed by atoms with Crippen molar-refractivity contribution in [1.82, 2.24) is 10.6 Å². The molecule has 1 fully saturated rings. The van der Waals surface area contributed by atoms with Crippen molar-refractivity contribution in [2.45, 2.75) is 19.0 Å². The van der Waals surface area contributed by atoms with Crippen LogP contribution in [0.5, 0.6) is 0 Å². The lowest BCUT2D eigenvalue weighted by Crippen LogP contribution is -2.44. The molecular formula is C20H22BrFIN5. The summed E-state index contributed by atoms with van der Waals surface area (Å²) in [6.07, 6.45) is 0.995. The predicted molar refractivity (Wildman–Crippen MR) is 125 cm³/mol. The summed E-state index contributed by atoms with van der Waals surface area (Å²) in [5, 5.41) is 15.5. The number of aliphatic imine (C=N–C) groups is 1. The van der Waals surface area contributed by atoms with Gasteiger partial charge in [0.15, 0.2) is 5.96 Å². The lowest BCUT2D eigenvalue weighted by Gasteiger charge is -2.20. The summed E-state index contributed by atoms with van der Waals surface area (Å²) in [7, 11) is 1.69. The highest BCUT2D eigenvalue weighted by atomic mass is 127. The van der Waals surface area contributed by atoms with E-state index in [1.54, 1.807) is 13.1 Å². The van der Waals surface area contributed by atoms with Crippen LogP contribution < -0.4 is 15.5 Å². The molecule has 0 saturated carbocycles. The van der Waals surface area contributed by atoms with Gasteiger partial charge in [-0.2, -0.15) is 5.26 Å². The Hall–Kier alpha value is -1.86. The molecule has 2 N–H and O–H groups in total. The summed E-state index contributed by atoms with van der Waals surface area (Å²) < 4.78 is 15.0. The Bertz CT molecular complexity index is 866. The predicted octanol–water partition coefficient (Wildman–Crippen LogP) is 4.02. The lowest BCUT2D eigenvalue weighted by molar-refractivity contribution is 0.600. The van der Waals surface area contributed by atoms with E-state index in [1.165, 1.54) is 17.8 Å². The van der Waals surface area contributed by atoms with Gasteiger partial charge in [0.1, 0.15) is 5.82 Å². The molecule has 0 aliphatic carbocycles. The average molecular weight is 558 g/mol. The second-order valence-corrected chi connectivity index (χ2v) is 7.31. The first-order valence-corrected chi connectivity index (χ1v) is 9.54. The molecule has 28 heavy (non-hydrogen) atoms. The molecule has 1 unspecified atom stereocenters. The van der Waals surface area contributed by atoms with E-state index in [9.17, 15) is 4.39 Å². The first-order valence-electron chi connectivity index (χ1n) is 8.75. The zero-order valence-corrected chi connectivity index (χ0v) is 19.4. The number of guanidine groups is 1. The SMILES string of the molecule is CN=C(NCc1cc(C#N)ccc1F)NC1CCN(c2ccc(Br)cc2)C1.I. The lowest BCUT2D eigenvalue weighted by atomic mass is 10.1. The molecule has 0 spiro atoms. The van der Waals surface area contributed by atoms with E-state index < -0.39 is 0 Å². The fourth-order valence-electron chi connectivity index (χ4n) is 3.11. The monoisotopic (exact) mass is 557 g/mol. The molecule has 0 amide bonds. The molecule has 8 heteroatoms. The normalized spacial score (nSPS) is 16.3. The van der Waals surface area contributed by atoms with Crippen LogP contribution in [-0.4, -0.2) is 32.1 Å². The second kappa shape index (κ2) is 10.6. The molecule has 1 atom stereocenters. The maximum absolute atomic E-state index is 13.9. The summed E-state index contributed by atoms with van der Waals surface area (Å²) in [5.74, 6) is 0.290. The van der Waals surface area contributed by atoms with Gasteiger partial charge in [0.2, 0.25) is 0 Å². The Morgan fingerprint density at radius 1 is 1.32 bits per heavy atom. The third-order valence-electron chi connectivity index (χ3n) is 4.57. The largest absolute Gasteiger partial charge is 0.369 e. The van der Waals surface area contributed by atoms with E-state index in [2.05, 4.69) is 48.6 Å². The van der Waals surface area contributed by atoms with Gasteiger partial charge in [0, 0.05) is 48.4 Å². The van der Waals surface area contributed by atoms with Crippen LogP contribution >= 0.6 is 39.9 Å². The first-order chi connectivity index (χ1) is 13.1. The number of nitriles is 1. The van der Waals surface area contributed by atoms with Crippen LogP contribution in [0.4, 0.5) is 10.1 Å². The van der Waals surface area contributed by atoms with Crippen LogP contribution in [-0.2, 0) is 6.54 Å². The topological polar surface area (TPSA) is 63.5 Å². The van der Waals surface area contributed by atoms with Gasteiger partial charge in [-0.1, -0.05) is 15.9 Å². The Morgan fingerprint density at radius 3 is 2.75 bits per heavy atom. The molecule has 1 aliphatic heterocycles. The minimum Gasteiger partial charge on any atom is -0.369 e. The highest BCUT2D eigenvalue weighted by molar-refractivity contribution is 14.0. The molecule has 0 bridgehead atoms. The number of hydrogen-bond acceptors (Lipinski definition) is 3. The minimum absolute atomic E-state index is 0.